The summed E-state index contributed by atoms with van der Waals surface area (Å²) in [6.07, 6.45) is 9.04. The van der Waals surface area contributed by atoms with Crippen molar-refractivity contribution >= 4 is 0 Å². The van der Waals surface area contributed by atoms with Crippen LogP contribution in [0.25, 0.3) is 0 Å². The summed E-state index contributed by atoms with van der Waals surface area (Å²) in [6, 6.07) is 0. The van der Waals surface area contributed by atoms with Gasteiger partial charge in [0.1, 0.15) is 0 Å². The van der Waals surface area contributed by atoms with E-state index in [1.807, 2.05) is 0 Å². The van der Waals surface area contributed by atoms with E-state index < -0.39 is 0 Å². The Morgan fingerprint density at radius 1 is 0.929 bits per heavy atom. The van der Waals surface area contributed by atoms with Crippen LogP contribution in [0.2, 0.25) is 0 Å². The van der Waals surface area contributed by atoms with E-state index in [-0.39, 0.29) is 0 Å². The Bertz CT molecular complexity index is 184. The van der Waals surface area contributed by atoms with E-state index in [4.69, 9.17) is 0 Å². The summed E-state index contributed by atoms with van der Waals surface area (Å²) in [5.41, 5.74) is 0. The molecule has 0 bridgehead atoms. The van der Waals surface area contributed by atoms with Crippen molar-refractivity contribution in [2.45, 2.75) is 59.3 Å². The summed E-state index contributed by atoms with van der Waals surface area (Å²) in [7, 11) is 0. The standard InChI is InChI=1S/C14H26/c1-4-5-12-6-10(2)7-13-8-11(3)9-14(12)13/h10-14H,4-9H2,1-3H3. The van der Waals surface area contributed by atoms with Crippen molar-refractivity contribution in [2.75, 3.05) is 0 Å². The zero-order chi connectivity index (χ0) is 10.1. The largest absolute Gasteiger partial charge is 0.0654 e. The molecule has 0 spiro atoms. The molecule has 2 rings (SSSR count). The highest BCUT2D eigenvalue weighted by Gasteiger charge is 2.40. The second-order valence-corrected chi connectivity index (χ2v) is 6.13. The van der Waals surface area contributed by atoms with E-state index in [9.17, 15) is 0 Å². The van der Waals surface area contributed by atoms with E-state index in [0.717, 1.165) is 29.6 Å². The Labute approximate surface area is 89.5 Å². The van der Waals surface area contributed by atoms with Gasteiger partial charge in [0.15, 0.2) is 0 Å². The maximum absolute atomic E-state index is 2.47. The first-order valence-corrected chi connectivity index (χ1v) is 6.70. The molecule has 0 saturated heterocycles. The average molecular weight is 194 g/mol. The fourth-order valence-electron chi connectivity index (χ4n) is 4.30. The molecule has 0 radical (unpaired) electrons. The quantitative estimate of drug-likeness (QED) is 0.607. The smallest absolute Gasteiger partial charge is 0.0355 e. The predicted molar refractivity (Wildman–Crippen MR) is 62.2 cm³/mol. The maximum atomic E-state index is 2.47. The molecule has 0 aromatic rings. The summed E-state index contributed by atoms with van der Waals surface area (Å²) in [5, 5.41) is 0. The van der Waals surface area contributed by atoms with Crippen LogP contribution in [0.15, 0.2) is 0 Å². The van der Waals surface area contributed by atoms with Crippen LogP contribution in [0.1, 0.15) is 59.3 Å². The van der Waals surface area contributed by atoms with Gasteiger partial charge in [0.25, 0.3) is 0 Å². The van der Waals surface area contributed by atoms with Gasteiger partial charge in [-0.05, 0) is 55.3 Å². The molecule has 2 fully saturated rings. The molecule has 2 aliphatic carbocycles. The zero-order valence-electron chi connectivity index (χ0n) is 10.1. The van der Waals surface area contributed by atoms with Gasteiger partial charge in [-0.1, -0.05) is 33.6 Å². The summed E-state index contributed by atoms with van der Waals surface area (Å²) < 4.78 is 0. The third-order valence-electron chi connectivity index (χ3n) is 4.66. The van der Waals surface area contributed by atoms with Gasteiger partial charge in [-0.3, -0.25) is 0 Å². The summed E-state index contributed by atoms with van der Waals surface area (Å²) in [5.74, 6) is 5.33. The molecule has 5 atom stereocenters. The third kappa shape index (κ3) is 1.99. The molecular weight excluding hydrogens is 168 g/mol. The molecule has 0 N–H and O–H groups in total. The van der Waals surface area contributed by atoms with Gasteiger partial charge >= 0.3 is 0 Å². The normalized spacial score (nSPS) is 47.8. The van der Waals surface area contributed by atoms with Crippen molar-refractivity contribution in [3.63, 3.8) is 0 Å². The van der Waals surface area contributed by atoms with Gasteiger partial charge in [0.05, 0.1) is 0 Å². The van der Waals surface area contributed by atoms with E-state index in [1.54, 1.807) is 6.42 Å². The molecule has 0 aliphatic heterocycles. The predicted octanol–water partition coefficient (Wildman–Crippen LogP) is 4.49. The molecule has 2 saturated carbocycles. The van der Waals surface area contributed by atoms with Crippen LogP contribution in [0.5, 0.6) is 0 Å². The van der Waals surface area contributed by atoms with Crippen molar-refractivity contribution in [1.29, 1.82) is 0 Å². The molecule has 0 aromatic carbocycles. The highest BCUT2D eigenvalue weighted by atomic mass is 14.5. The molecule has 0 heterocycles. The molecule has 0 heteroatoms. The van der Waals surface area contributed by atoms with Gasteiger partial charge in [-0.15, -0.1) is 0 Å². The van der Waals surface area contributed by atoms with Crippen molar-refractivity contribution in [2.24, 2.45) is 29.6 Å². The van der Waals surface area contributed by atoms with Crippen LogP contribution in [0.3, 0.4) is 0 Å². The number of fused-ring (bicyclic) bond motifs is 1. The zero-order valence-corrected chi connectivity index (χ0v) is 10.1. The topological polar surface area (TPSA) is 0 Å². The van der Waals surface area contributed by atoms with Crippen LogP contribution < -0.4 is 0 Å². The van der Waals surface area contributed by atoms with E-state index in [2.05, 4.69) is 20.8 Å². The Morgan fingerprint density at radius 3 is 2.21 bits per heavy atom. The van der Waals surface area contributed by atoms with E-state index >= 15 is 0 Å². The van der Waals surface area contributed by atoms with E-state index in [0.29, 0.717) is 0 Å². The fraction of sp³-hybridized carbons (Fsp3) is 1.00. The molecule has 0 aromatic heterocycles. The van der Waals surface area contributed by atoms with Crippen molar-refractivity contribution in [3.05, 3.63) is 0 Å². The Kier molecular flexibility index (Phi) is 3.19. The minimum absolute atomic E-state index is 1.01. The second kappa shape index (κ2) is 4.24. The molecule has 0 amide bonds. The van der Waals surface area contributed by atoms with Crippen LogP contribution in [0, 0.1) is 29.6 Å². The molecule has 0 nitrogen and oxygen atoms in total. The SMILES string of the molecule is CCCC1CC(C)CC2CC(C)CC12. The van der Waals surface area contributed by atoms with Gasteiger partial charge in [-0.25, -0.2) is 0 Å². The van der Waals surface area contributed by atoms with Gasteiger partial charge in [-0.2, -0.15) is 0 Å². The van der Waals surface area contributed by atoms with Crippen LogP contribution >= 0.6 is 0 Å². The Morgan fingerprint density at radius 2 is 1.57 bits per heavy atom. The first-order valence-electron chi connectivity index (χ1n) is 6.70. The third-order valence-corrected chi connectivity index (χ3v) is 4.66. The van der Waals surface area contributed by atoms with Crippen LogP contribution in [-0.2, 0) is 0 Å². The maximum Gasteiger partial charge on any atom is -0.0355 e. The van der Waals surface area contributed by atoms with Crippen LogP contribution in [-0.4, -0.2) is 0 Å². The monoisotopic (exact) mass is 194 g/mol. The second-order valence-electron chi connectivity index (χ2n) is 6.13. The summed E-state index contributed by atoms with van der Waals surface area (Å²) in [4.78, 5) is 0. The first-order chi connectivity index (χ1) is 6.70. The minimum atomic E-state index is 1.01. The Balaban J connectivity index is 2.02. The summed E-state index contributed by atoms with van der Waals surface area (Å²) >= 11 is 0. The number of hydrogen-bond acceptors (Lipinski definition) is 0. The van der Waals surface area contributed by atoms with Gasteiger partial charge < -0.3 is 0 Å². The number of hydrogen-bond donors (Lipinski definition) is 0. The Hall–Kier alpha value is 0. The lowest BCUT2D eigenvalue weighted by molar-refractivity contribution is 0.129. The van der Waals surface area contributed by atoms with Crippen molar-refractivity contribution in [1.82, 2.24) is 0 Å². The van der Waals surface area contributed by atoms with Crippen molar-refractivity contribution < 1.29 is 0 Å². The molecule has 14 heavy (non-hydrogen) atoms. The summed E-state index contributed by atoms with van der Waals surface area (Å²) in [6.45, 7) is 7.29. The van der Waals surface area contributed by atoms with Gasteiger partial charge in [0, 0.05) is 0 Å². The average Bonchev–Trinajstić information content (AvgIpc) is 2.45. The molecule has 82 valence electrons. The van der Waals surface area contributed by atoms with Crippen LogP contribution in [0.4, 0.5) is 0 Å². The lowest BCUT2D eigenvalue weighted by Gasteiger charge is -2.37. The lowest BCUT2D eigenvalue weighted by Crippen LogP contribution is -2.28. The fourth-order valence-corrected chi connectivity index (χ4v) is 4.30. The minimum Gasteiger partial charge on any atom is -0.0654 e. The lowest BCUT2D eigenvalue weighted by atomic mass is 9.68. The molecule has 5 unspecified atom stereocenters. The molecule has 2 aliphatic rings. The number of rotatable bonds is 2. The highest BCUT2D eigenvalue weighted by Crippen LogP contribution is 2.50. The van der Waals surface area contributed by atoms with Crippen molar-refractivity contribution in [3.8, 4) is 0 Å². The van der Waals surface area contributed by atoms with E-state index in [1.165, 1.54) is 32.1 Å². The highest BCUT2D eigenvalue weighted by molar-refractivity contribution is 4.91. The van der Waals surface area contributed by atoms with Gasteiger partial charge in [0.2, 0.25) is 0 Å². The molecular formula is C14H26. The first kappa shape index (κ1) is 10.5.